The van der Waals surface area contributed by atoms with Crippen LogP contribution >= 0.6 is 0 Å². The summed E-state index contributed by atoms with van der Waals surface area (Å²) in [7, 11) is 0. The van der Waals surface area contributed by atoms with Crippen molar-refractivity contribution in [2.45, 2.75) is 32.1 Å². The highest BCUT2D eigenvalue weighted by Gasteiger charge is 2.23. The van der Waals surface area contributed by atoms with Crippen LogP contribution in [-0.2, 0) is 4.79 Å². The fourth-order valence-electron chi connectivity index (χ4n) is 2.37. The summed E-state index contributed by atoms with van der Waals surface area (Å²) in [5.41, 5.74) is 0.947. The first-order valence-electron chi connectivity index (χ1n) is 5.84. The van der Waals surface area contributed by atoms with Crippen LogP contribution in [0.1, 0.15) is 48.0 Å². The normalized spacial score (nSPS) is 17.0. The number of benzene rings is 1. The molecule has 0 N–H and O–H groups in total. The Morgan fingerprint density at radius 2 is 1.81 bits per heavy atom. The highest BCUT2D eigenvalue weighted by atomic mass is 16.1. The maximum atomic E-state index is 12.2. The van der Waals surface area contributed by atoms with Crippen LogP contribution in [0.3, 0.4) is 0 Å². The van der Waals surface area contributed by atoms with E-state index >= 15 is 0 Å². The molecule has 16 heavy (non-hydrogen) atoms. The number of rotatable bonds is 3. The van der Waals surface area contributed by atoms with Crippen molar-refractivity contribution in [3.63, 3.8) is 0 Å². The van der Waals surface area contributed by atoms with Crippen molar-refractivity contribution in [1.82, 2.24) is 0 Å². The largest absolute Gasteiger partial charge is 0.294 e. The molecule has 1 aromatic rings. The molecule has 0 spiro atoms. The second kappa shape index (κ2) is 5.06. The Morgan fingerprint density at radius 3 is 2.50 bits per heavy atom. The molecule has 2 rings (SSSR count). The predicted molar refractivity (Wildman–Crippen MR) is 62.1 cm³/mol. The third-order valence-corrected chi connectivity index (χ3v) is 3.28. The van der Waals surface area contributed by atoms with Gasteiger partial charge in [0.05, 0.1) is 0 Å². The lowest BCUT2D eigenvalue weighted by Gasteiger charge is -2.20. The van der Waals surface area contributed by atoms with Gasteiger partial charge in [-0.15, -0.1) is 0 Å². The van der Waals surface area contributed by atoms with Crippen molar-refractivity contribution in [2.24, 2.45) is 5.92 Å². The fraction of sp³-hybridized carbons (Fsp3) is 0.429. The summed E-state index contributed by atoms with van der Waals surface area (Å²) in [5, 5.41) is 0. The molecule has 83 valence electrons. The first-order valence-corrected chi connectivity index (χ1v) is 5.84. The molecule has 0 unspecified atom stereocenters. The SMILES string of the molecule is O=[C]c1ccccc1C(=O)C1CCCCC1. The van der Waals surface area contributed by atoms with Crippen LogP contribution in [0.5, 0.6) is 0 Å². The van der Waals surface area contributed by atoms with Crippen molar-refractivity contribution >= 4 is 12.1 Å². The average molecular weight is 215 g/mol. The lowest BCUT2D eigenvalue weighted by Crippen LogP contribution is -2.19. The van der Waals surface area contributed by atoms with Crippen LogP contribution < -0.4 is 0 Å². The Labute approximate surface area is 95.7 Å². The number of carbonyl (C=O) groups is 1. The van der Waals surface area contributed by atoms with Gasteiger partial charge >= 0.3 is 0 Å². The summed E-state index contributed by atoms with van der Waals surface area (Å²) in [4.78, 5) is 22.9. The minimum absolute atomic E-state index is 0.114. The zero-order valence-electron chi connectivity index (χ0n) is 9.24. The van der Waals surface area contributed by atoms with E-state index in [1.54, 1.807) is 24.3 Å². The van der Waals surface area contributed by atoms with Crippen molar-refractivity contribution < 1.29 is 9.59 Å². The van der Waals surface area contributed by atoms with Gasteiger partial charge in [0.2, 0.25) is 6.29 Å². The number of Topliss-reactive ketones (excluding diaryl/α,β-unsaturated/α-hetero) is 1. The molecule has 1 fully saturated rings. The molecule has 0 bridgehead atoms. The number of hydrogen-bond donors (Lipinski definition) is 0. The zero-order valence-corrected chi connectivity index (χ0v) is 9.24. The van der Waals surface area contributed by atoms with Crippen LogP contribution in [0, 0.1) is 5.92 Å². The number of ketones is 1. The van der Waals surface area contributed by atoms with Crippen molar-refractivity contribution in [1.29, 1.82) is 0 Å². The predicted octanol–water partition coefficient (Wildman–Crippen LogP) is 2.91. The molecule has 2 nitrogen and oxygen atoms in total. The Bertz CT molecular complexity index is 389. The molecule has 0 aromatic heterocycles. The lowest BCUT2D eigenvalue weighted by molar-refractivity contribution is 0.0889. The van der Waals surface area contributed by atoms with E-state index < -0.39 is 0 Å². The molecule has 1 aromatic carbocycles. The van der Waals surface area contributed by atoms with Gasteiger partial charge in [0.1, 0.15) is 0 Å². The van der Waals surface area contributed by atoms with E-state index in [0.717, 1.165) is 25.7 Å². The maximum Gasteiger partial charge on any atom is 0.234 e. The van der Waals surface area contributed by atoms with Gasteiger partial charge < -0.3 is 0 Å². The number of carbonyl (C=O) groups excluding carboxylic acids is 2. The summed E-state index contributed by atoms with van der Waals surface area (Å²) in [6, 6.07) is 6.95. The summed E-state index contributed by atoms with van der Waals surface area (Å²) in [6.07, 6.45) is 7.26. The molecule has 0 saturated heterocycles. The van der Waals surface area contributed by atoms with Gasteiger partial charge in [-0.25, -0.2) is 0 Å². The Kier molecular flexibility index (Phi) is 3.50. The monoisotopic (exact) mass is 215 g/mol. The lowest BCUT2D eigenvalue weighted by atomic mass is 9.83. The van der Waals surface area contributed by atoms with Gasteiger partial charge in [-0.3, -0.25) is 9.59 Å². The average Bonchev–Trinajstić information content (AvgIpc) is 2.39. The Hall–Kier alpha value is -1.44. The van der Waals surface area contributed by atoms with E-state index in [9.17, 15) is 9.59 Å². The number of hydrogen-bond acceptors (Lipinski definition) is 2. The van der Waals surface area contributed by atoms with Gasteiger partial charge in [0.25, 0.3) is 0 Å². The van der Waals surface area contributed by atoms with E-state index in [-0.39, 0.29) is 11.7 Å². The Balaban J connectivity index is 2.22. The van der Waals surface area contributed by atoms with Gasteiger partial charge in [0.15, 0.2) is 5.78 Å². The van der Waals surface area contributed by atoms with Gasteiger partial charge in [-0.1, -0.05) is 43.5 Å². The van der Waals surface area contributed by atoms with Gasteiger partial charge in [-0.05, 0) is 12.8 Å². The summed E-state index contributed by atoms with van der Waals surface area (Å²) in [5.74, 6) is 0.238. The first-order chi connectivity index (χ1) is 7.83. The van der Waals surface area contributed by atoms with Crippen molar-refractivity contribution in [2.75, 3.05) is 0 Å². The molecule has 0 heterocycles. The van der Waals surface area contributed by atoms with Crippen LogP contribution in [0.4, 0.5) is 0 Å². The molecule has 2 heteroatoms. The van der Waals surface area contributed by atoms with Crippen molar-refractivity contribution in [3.05, 3.63) is 35.4 Å². The topological polar surface area (TPSA) is 34.1 Å². The smallest absolute Gasteiger partial charge is 0.234 e. The van der Waals surface area contributed by atoms with Crippen LogP contribution in [0.2, 0.25) is 0 Å². The molecule has 1 saturated carbocycles. The molecule has 1 aliphatic rings. The first kappa shape index (κ1) is 11.1. The second-order valence-corrected chi connectivity index (χ2v) is 4.35. The summed E-state index contributed by atoms with van der Waals surface area (Å²) >= 11 is 0. The third-order valence-electron chi connectivity index (χ3n) is 3.28. The highest BCUT2D eigenvalue weighted by Crippen LogP contribution is 2.27. The van der Waals surface area contributed by atoms with E-state index in [4.69, 9.17) is 0 Å². The summed E-state index contributed by atoms with van der Waals surface area (Å²) in [6.45, 7) is 0. The summed E-state index contributed by atoms with van der Waals surface area (Å²) < 4.78 is 0. The maximum absolute atomic E-state index is 12.2. The third kappa shape index (κ3) is 2.21. The van der Waals surface area contributed by atoms with E-state index in [0.29, 0.717) is 11.1 Å². The standard InChI is InChI=1S/C14H15O2/c15-10-12-8-4-5-9-13(12)14(16)11-6-2-1-3-7-11/h4-5,8-9,11H,1-3,6-7H2. The van der Waals surface area contributed by atoms with E-state index in [2.05, 4.69) is 0 Å². The van der Waals surface area contributed by atoms with Gasteiger partial charge in [0, 0.05) is 17.0 Å². The molecule has 0 amide bonds. The van der Waals surface area contributed by atoms with E-state index in [1.807, 2.05) is 6.29 Å². The zero-order chi connectivity index (χ0) is 11.4. The molecular weight excluding hydrogens is 200 g/mol. The molecule has 0 atom stereocenters. The van der Waals surface area contributed by atoms with Crippen molar-refractivity contribution in [3.8, 4) is 0 Å². The fourth-order valence-corrected chi connectivity index (χ4v) is 2.37. The molecule has 1 aliphatic carbocycles. The van der Waals surface area contributed by atoms with Crippen LogP contribution in [-0.4, -0.2) is 12.1 Å². The van der Waals surface area contributed by atoms with Crippen LogP contribution in [0.25, 0.3) is 0 Å². The minimum Gasteiger partial charge on any atom is -0.294 e. The second-order valence-electron chi connectivity index (χ2n) is 4.35. The quantitative estimate of drug-likeness (QED) is 0.726. The molecular formula is C14H15O2. The molecule has 1 radical (unpaired) electrons. The van der Waals surface area contributed by atoms with Gasteiger partial charge in [-0.2, -0.15) is 0 Å². The highest BCUT2D eigenvalue weighted by molar-refractivity contribution is 6.04. The molecule has 0 aliphatic heterocycles. The minimum atomic E-state index is 0.114. The van der Waals surface area contributed by atoms with E-state index in [1.165, 1.54) is 6.42 Å². The van der Waals surface area contributed by atoms with Crippen LogP contribution in [0.15, 0.2) is 24.3 Å². The Morgan fingerprint density at radius 1 is 1.12 bits per heavy atom.